The summed E-state index contributed by atoms with van der Waals surface area (Å²) in [5.41, 5.74) is -0.160. The van der Waals surface area contributed by atoms with E-state index in [4.69, 9.17) is 5.11 Å². The smallest absolute Gasteiger partial charge is 0.308 e. The van der Waals surface area contributed by atoms with Gasteiger partial charge < -0.3 is 10.0 Å². The molecule has 0 radical (unpaired) electrons. The molecule has 0 spiro atoms. The molecular weight excluding hydrogens is 227 g/mol. The molecule has 1 unspecified atom stereocenters. The van der Waals surface area contributed by atoms with Crippen LogP contribution < -0.4 is 0 Å². The van der Waals surface area contributed by atoms with Crippen LogP contribution in [0.3, 0.4) is 0 Å². The SMILES string of the molecule is CC(CN(C)C(=O)c1cccnc1F)C(=O)O. The monoisotopic (exact) mass is 240 g/mol. The van der Waals surface area contributed by atoms with Crippen LogP contribution in [0.1, 0.15) is 17.3 Å². The lowest BCUT2D eigenvalue weighted by Gasteiger charge is -2.19. The van der Waals surface area contributed by atoms with Crippen molar-refractivity contribution in [3.63, 3.8) is 0 Å². The number of carbonyl (C=O) groups excluding carboxylic acids is 1. The molecular formula is C11H13FN2O3. The van der Waals surface area contributed by atoms with Gasteiger partial charge >= 0.3 is 5.97 Å². The van der Waals surface area contributed by atoms with Crippen LogP contribution in [0.2, 0.25) is 0 Å². The second kappa shape index (κ2) is 5.38. The van der Waals surface area contributed by atoms with Gasteiger partial charge in [0, 0.05) is 19.8 Å². The molecule has 0 saturated carbocycles. The van der Waals surface area contributed by atoms with Gasteiger partial charge in [-0.1, -0.05) is 6.92 Å². The Hall–Kier alpha value is -1.98. The van der Waals surface area contributed by atoms with Crippen molar-refractivity contribution in [2.75, 3.05) is 13.6 Å². The normalized spacial score (nSPS) is 11.9. The second-order valence-corrected chi connectivity index (χ2v) is 3.77. The fourth-order valence-electron chi connectivity index (χ4n) is 1.32. The van der Waals surface area contributed by atoms with Gasteiger partial charge in [0.15, 0.2) is 0 Å². The van der Waals surface area contributed by atoms with Crippen molar-refractivity contribution in [1.29, 1.82) is 0 Å². The van der Waals surface area contributed by atoms with E-state index in [0.29, 0.717) is 0 Å². The molecule has 0 aliphatic heterocycles. The molecule has 6 heteroatoms. The zero-order valence-corrected chi connectivity index (χ0v) is 9.55. The van der Waals surface area contributed by atoms with Crippen LogP contribution in [0, 0.1) is 11.9 Å². The maximum absolute atomic E-state index is 13.2. The maximum Gasteiger partial charge on any atom is 0.308 e. The number of amides is 1. The van der Waals surface area contributed by atoms with Crippen molar-refractivity contribution < 1.29 is 19.1 Å². The number of aliphatic carboxylic acids is 1. The lowest BCUT2D eigenvalue weighted by atomic mass is 10.1. The highest BCUT2D eigenvalue weighted by Crippen LogP contribution is 2.08. The van der Waals surface area contributed by atoms with Gasteiger partial charge in [-0.15, -0.1) is 0 Å². The molecule has 1 atom stereocenters. The molecule has 1 aromatic heterocycles. The topological polar surface area (TPSA) is 70.5 Å². The number of pyridine rings is 1. The zero-order valence-electron chi connectivity index (χ0n) is 9.55. The summed E-state index contributed by atoms with van der Waals surface area (Å²) in [6, 6.07) is 2.76. The van der Waals surface area contributed by atoms with Crippen LogP contribution in [0.25, 0.3) is 0 Å². The largest absolute Gasteiger partial charge is 0.481 e. The summed E-state index contributed by atoms with van der Waals surface area (Å²) in [6.07, 6.45) is 1.24. The predicted octanol–water partition coefficient (Wildman–Crippen LogP) is 1.01. The number of nitrogens with zero attached hydrogens (tertiary/aromatic N) is 2. The first-order chi connectivity index (χ1) is 7.93. The van der Waals surface area contributed by atoms with E-state index < -0.39 is 23.7 Å². The summed E-state index contributed by atoms with van der Waals surface area (Å²) in [5.74, 6) is -3.14. The minimum absolute atomic E-state index is 0.0164. The first kappa shape index (κ1) is 13.1. The third kappa shape index (κ3) is 3.24. The number of carboxylic acid groups (broad SMARTS) is 1. The number of hydrogen-bond donors (Lipinski definition) is 1. The predicted molar refractivity (Wildman–Crippen MR) is 58.0 cm³/mol. The minimum atomic E-state index is -1.00. The minimum Gasteiger partial charge on any atom is -0.481 e. The van der Waals surface area contributed by atoms with Crippen molar-refractivity contribution in [3.05, 3.63) is 29.8 Å². The Labute approximate surface area is 97.9 Å². The average Bonchev–Trinajstić information content (AvgIpc) is 2.28. The zero-order chi connectivity index (χ0) is 13.0. The van der Waals surface area contributed by atoms with Gasteiger partial charge in [-0.05, 0) is 12.1 Å². The summed E-state index contributed by atoms with van der Waals surface area (Å²) in [6.45, 7) is 1.49. The molecule has 1 N–H and O–H groups in total. The van der Waals surface area contributed by atoms with Gasteiger partial charge in [-0.2, -0.15) is 4.39 Å². The Kier molecular flexibility index (Phi) is 4.14. The van der Waals surface area contributed by atoms with Crippen LogP contribution in [-0.2, 0) is 4.79 Å². The molecule has 0 aliphatic rings. The molecule has 0 bridgehead atoms. The summed E-state index contributed by atoms with van der Waals surface area (Å²) in [7, 11) is 1.42. The molecule has 5 nitrogen and oxygen atoms in total. The maximum atomic E-state index is 13.2. The van der Waals surface area contributed by atoms with Gasteiger partial charge in [-0.25, -0.2) is 4.98 Å². The van der Waals surface area contributed by atoms with Gasteiger partial charge in [-0.3, -0.25) is 9.59 Å². The number of aromatic nitrogens is 1. The number of carbonyl (C=O) groups is 2. The van der Waals surface area contributed by atoms with Crippen molar-refractivity contribution in [3.8, 4) is 0 Å². The van der Waals surface area contributed by atoms with Gasteiger partial charge in [0.05, 0.1) is 11.5 Å². The Morgan fingerprint density at radius 1 is 1.59 bits per heavy atom. The quantitative estimate of drug-likeness (QED) is 0.797. The van der Waals surface area contributed by atoms with Crippen LogP contribution in [0.5, 0.6) is 0 Å². The Morgan fingerprint density at radius 2 is 2.24 bits per heavy atom. The van der Waals surface area contributed by atoms with E-state index >= 15 is 0 Å². The standard InChI is InChI=1S/C11H13FN2O3/c1-7(11(16)17)6-14(2)10(15)8-4-3-5-13-9(8)12/h3-5,7H,6H2,1-2H3,(H,16,17). The van der Waals surface area contributed by atoms with Crippen LogP contribution in [0.4, 0.5) is 4.39 Å². The van der Waals surface area contributed by atoms with E-state index in [1.54, 1.807) is 0 Å². The van der Waals surface area contributed by atoms with E-state index in [0.717, 1.165) is 0 Å². The fraction of sp³-hybridized carbons (Fsp3) is 0.364. The molecule has 0 aliphatic carbocycles. The average molecular weight is 240 g/mol. The second-order valence-electron chi connectivity index (χ2n) is 3.77. The third-order valence-electron chi connectivity index (χ3n) is 2.31. The van der Waals surface area contributed by atoms with E-state index in [1.807, 2.05) is 0 Å². The fourth-order valence-corrected chi connectivity index (χ4v) is 1.32. The van der Waals surface area contributed by atoms with Crippen molar-refractivity contribution in [1.82, 2.24) is 9.88 Å². The Balaban J connectivity index is 2.77. The van der Waals surface area contributed by atoms with E-state index in [9.17, 15) is 14.0 Å². The molecule has 0 saturated heterocycles. The van der Waals surface area contributed by atoms with Gasteiger partial charge in [0.2, 0.25) is 5.95 Å². The van der Waals surface area contributed by atoms with Crippen LogP contribution in [0.15, 0.2) is 18.3 Å². The first-order valence-corrected chi connectivity index (χ1v) is 5.02. The lowest BCUT2D eigenvalue weighted by Crippen LogP contribution is -2.34. The highest BCUT2D eigenvalue weighted by atomic mass is 19.1. The van der Waals surface area contributed by atoms with E-state index in [2.05, 4.69) is 4.98 Å². The Morgan fingerprint density at radius 3 is 2.76 bits per heavy atom. The molecule has 0 fully saturated rings. The van der Waals surface area contributed by atoms with Crippen molar-refractivity contribution in [2.45, 2.75) is 6.92 Å². The lowest BCUT2D eigenvalue weighted by molar-refractivity contribution is -0.141. The third-order valence-corrected chi connectivity index (χ3v) is 2.31. The summed E-state index contributed by atoms with van der Waals surface area (Å²) in [5, 5.41) is 8.71. The number of hydrogen-bond acceptors (Lipinski definition) is 3. The molecule has 0 aromatic carbocycles. The highest BCUT2D eigenvalue weighted by Gasteiger charge is 2.20. The molecule has 1 heterocycles. The summed E-state index contributed by atoms with van der Waals surface area (Å²) < 4.78 is 13.2. The molecule has 17 heavy (non-hydrogen) atoms. The highest BCUT2D eigenvalue weighted by molar-refractivity contribution is 5.94. The van der Waals surface area contributed by atoms with Crippen molar-refractivity contribution in [2.24, 2.45) is 5.92 Å². The van der Waals surface area contributed by atoms with Gasteiger partial charge in [0.25, 0.3) is 5.91 Å². The molecule has 1 amide bonds. The van der Waals surface area contributed by atoms with E-state index in [-0.39, 0.29) is 12.1 Å². The summed E-state index contributed by atoms with van der Waals surface area (Å²) in [4.78, 5) is 26.9. The van der Waals surface area contributed by atoms with Crippen LogP contribution >= 0.6 is 0 Å². The molecule has 1 aromatic rings. The van der Waals surface area contributed by atoms with Gasteiger partial charge in [0.1, 0.15) is 0 Å². The first-order valence-electron chi connectivity index (χ1n) is 5.02. The Bertz CT molecular complexity index is 436. The van der Waals surface area contributed by atoms with Crippen molar-refractivity contribution >= 4 is 11.9 Å². The van der Waals surface area contributed by atoms with Crippen LogP contribution in [-0.4, -0.2) is 40.5 Å². The number of carboxylic acids is 1. The molecule has 1 rings (SSSR count). The van der Waals surface area contributed by atoms with E-state index in [1.165, 1.54) is 37.2 Å². The number of halogens is 1. The summed E-state index contributed by atoms with van der Waals surface area (Å²) >= 11 is 0. The number of rotatable bonds is 4. The molecule has 92 valence electrons.